The maximum Gasteiger partial charge on any atom is 0.251 e. The molecule has 0 saturated heterocycles. The van der Waals surface area contributed by atoms with Crippen molar-refractivity contribution in [1.82, 2.24) is 5.32 Å². The summed E-state index contributed by atoms with van der Waals surface area (Å²) in [5, 5.41) is 3.41. The van der Waals surface area contributed by atoms with Crippen molar-refractivity contribution in [1.29, 1.82) is 0 Å². The molecule has 5 nitrogen and oxygen atoms in total. The molecule has 106 valence electrons. The molecule has 0 heterocycles. The number of carbonyl (C=O) groups excluding carboxylic acids is 1. The van der Waals surface area contributed by atoms with E-state index in [2.05, 4.69) is 21.2 Å². The van der Waals surface area contributed by atoms with E-state index in [-0.39, 0.29) is 10.8 Å². The largest absolute Gasteiger partial charge is 0.379 e. The number of sulfone groups is 1. The fraction of sp³-hybridized carbons (Fsp3) is 0.417. The van der Waals surface area contributed by atoms with Crippen LogP contribution >= 0.6 is 15.9 Å². The van der Waals surface area contributed by atoms with Gasteiger partial charge in [-0.1, -0.05) is 22.0 Å². The molecule has 1 rings (SSSR count). The first-order chi connectivity index (χ1) is 8.95. The molecule has 1 aromatic carbocycles. The number of alkyl halides is 1. The highest BCUT2D eigenvalue weighted by Crippen LogP contribution is 2.11. The van der Waals surface area contributed by atoms with Crippen LogP contribution < -0.4 is 5.32 Å². The van der Waals surface area contributed by atoms with Gasteiger partial charge in [0.15, 0.2) is 9.84 Å². The van der Waals surface area contributed by atoms with Gasteiger partial charge in [-0.15, -0.1) is 0 Å². The lowest BCUT2D eigenvalue weighted by atomic mass is 10.2. The first-order valence-electron chi connectivity index (χ1n) is 5.67. The number of benzene rings is 1. The summed E-state index contributed by atoms with van der Waals surface area (Å²) in [5.41, 5.74) is 0.323. The van der Waals surface area contributed by atoms with E-state index < -0.39 is 9.84 Å². The first kappa shape index (κ1) is 16.1. The second kappa shape index (κ2) is 7.62. The number of carbonyl (C=O) groups is 1. The second-order valence-corrected chi connectivity index (χ2v) is 6.67. The van der Waals surface area contributed by atoms with E-state index in [0.29, 0.717) is 25.3 Å². The molecular formula is C12H16BrNO4S. The number of amides is 1. The summed E-state index contributed by atoms with van der Waals surface area (Å²) in [6, 6.07) is 5.95. The Morgan fingerprint density at radius 1 is 1.37 bits per heavy atom. The van der Waals surface area contributed by atoms with Gasteiger partial charge in [-0.2, -0.15) is 0 Å². The minimum atomic E-state index is -3.30. The Morgan fingerprint density at radius 2 is 2.11 bits per heavy atom. The molecule has 0 fully saturated rings. The van der Waals surface area contributed by atoms with Gasteiger partial charge < -0.3 is 10.1 Å². The van der Waals surface area contributed by atoms with Crippen molar-refractivity contribution < 1.29 is 17.9 Å². The topological polar surface area (TPSA) is 72.5 Å². The van der Waals surface area contributed by atoms with Crippen LogP contribution in [0.1, 0.15) is 10.4 Å². The van der Waals surface area contributed by atoms with Crippen molar-refractivity contribution in [2.24, 2.45) is 0 Å². The molecule has 1 amide bonds. The van der Waals surface area contributed by atoms with Crippen molar-refractivity contribution in [2.45, 2.75) is 4.90 Å². The van der Waals surface area contributed by atoms with Crippen LogP contribution in [0.15, 0.2) is 29.2 Å². The number of hydrogen-bond donors (Lipinski definition) is 1. The highest BCUT2D eigenvalue weighted by Gasteiger charge is 2.11. The zero-order valence-electron chi connectivity index (χ0n) is 10.6. The fourth-order valence-corrected chi connectivity index (χ4v) is 2.26. The average Bonchev–Trinajstić information content (AvgIpc) is 2.37. The molecule has 0 aliphatic carbocycles. The molecular weight excluding hydrogens is 334 g/mol. The van der Waals surface area contributed by atoms with Gasteiger partial charge in [0.2, 0.25) is 0 Å². The van der Waals surface area contributed by atoms with E-state index in [0.717, 1.165) is 11.6 Å². The summed E-state index contributed by atoms with van der Waals surface area (Å²) in [4.78, 5) is 11.9. The van der Waals surface area contributed by atoms with Gasteiger partial charge >= 0.3 is 0 Å². The van der Waals surface area contributed by atoms with Gasteiger partial charge in [0.25, 0.3) is 5.91 Å². The maximum atomic E-state index is 11.8. The molecule has 1 N–H and O–H groups in total. The van der Waals surface area contributed by atoms with Crippen molar-refractivity contribution in [3.63, 3.8) is 0 Å². The summed E-state index contributed by atoms with van der Waals surface area (Å²) in [6.45, 7) is 1.39. The summed E-state index contributed by atoms with van der Waals surface area (Å²) in [6.07, 6.45) is 1.11. The van der Waals surface area contributed by atoms with Crippen LogP contribution in [0.4, 0.5) is 0 Å². The Bertz CT molecular complexity index is 530. The molecule has 0 atom stereocenters. The Morgan fingerprint density at radius 3 is 2.74 bits per heavy atom. The highest BCUT2D eigenvalue weighted by molar-refractivity contribution is 9.09. The van der Waals surface area contributed by atoms with Crippen LogP contribution in [0.25, 0.3) is 0 Å². The van der Waals surface area contributed by atoms with Crippen LogP contribution in [0.5, 0.6) is 0 Å². The van der Waals surface area contributed by atoms with Crippen molar-refractivity contribution in [3.8, 4) is 0 Å². The lowest BCUT2D eigenvalue weighted by Gasteiger charge is -2.06. The molecule has 0 spiro atoms. The van der Waals surface area contributed by atoms with Crippen LogP contribution in [0.3, 0.4) is 0 Å². The molecule has 0 unspecified atom stereocenters. The fourth-order valence-electron chi connectivity index (χ4n) is 1.36. The molecule has 19 heavy (non-hydrogen) atoms. The zero-order chi connectivity index (χ0) is 14.3. The van der Waals surface area contributed by atoms with E-state index in [1.165, 1.54) is 12.1 Å². The predicted octanol–water partition coefficient (Wildman–Crippen LogP) is 1.23. The third kappa shape index (κ3) is 5.71. The molecule has 7 heteroatoms. The third-order valence-corrected chi connectivity index (χ3v) is 3.71. The smallest absolute Gasteiger partial charge is 0.251 e. The predicted molar refractivity (Wildman–Crippen MR) is 76.5 cm³/mol. The zero-order valence-corrected chi connectivity index (χ0v) is 13.0. The van der Waals surface area contributed by atoms with Gasteiger partial charge in [0.1, 0.15) is 0 Å². The van der Waals surface area contributed by atoms with Gasteiger partial charge in [-0.05, 0) is 18.2 Å². The summed E-state index contributed by atoms with van der Waals surface area (Å²) in [7, 11) is -3.30. The lowest BCUT2D eigenvalue weighted by Crippen LogP contribution is -2.27. The number of hydrogen-bond acceptors (Lipinski definition) is 4. The molecule has 0 aliphatic heterocycles. The summed E-state index contributed by atoms with van der Waals surface area (Å²) >= 11 is 3.22. The average molecular weight is 350 g/mol. The number of nitrogens with one attached hydrogen (secondary N) is 1. The second-order valence-electron chi connectivity index (χ2n) is 3.86. The van der Waals surface area contributed by atoms with Crippen LogP contribution in [-0.2, 0) is 14.6 Å². The van der Waals surface area contributed by atoms with Gasteiger partial charge in [0.05, 0.1) is 18.1 Å². The van der Waals surface area contributed by atoms with Crippen LogP contribution in [0, 0.1) is 0 Å². The van der Waals surface area contributed by atoms with Gasteiger partial charge in [0, 0.05) is 23.7 Å². The molecule has 0 radical (unpaired) electrons. The Hall–Kier alpha value is -0.920. The quantitative estimate of drug-likeness (QED) is 0.593. The Balaban J connectivity index is 2.58. The Labute approximate surface area is 121 Å². The number of halogens is 1. The summed E-state index contributed by atoms with van der Waals surface area (Å²) < 4.78 is 28.0. The van der Waals surface area contributed by atoms with Crippen LogP contribution in [0.2, 0.25) is 0 Å². The van der Waals surface area contributed by atoms with E-state index in [1.807, 2.05) is 0 Å². The van der Waals surface area contributed by atoms with E-state index in [9.17, 15) is 13.2 Å². The van der Waals surface area contributed by atoms with Gasteiger partial charge in [-0.3, -0.25) is 4.79 Å². The van der Waals surface area contributed by atoms with Crippen molar-refractivity contribution in [2.75, 3.05) is 31.3 Å². The monoisotopic (exact) mass is 349 g/mol. The van der Waals surface area contributed by atoms with Crippen LogP contribution in [-0.4, -0.2) is 45.7 Å². The van der Waals surface area contributed by atoms with Gasteiger partial charge in [-0.25, -0.2) is 8.42 Å². The molecule has 0 saturated carbocycles. The van der Waals surface area contributed by atoms with E-state index in [1.54, 1.807) is 12.1 Å². The number of ether oxygens (including phenoxy) is 1. The standard InChI is InChI=1S/C12H16BrNO4S/c1-19(16,17)11-4-2-3-10(9-11)12(15)14-6-8-18-7-5-13/h2-4,9H,5-8H2,1H3,(H,14,15). The van der Waals surface area contributed by atoms with Crippen molar-refractivity contribution in [3.05, 3.63) is 29.8 Å². The molecule has 0 aliphatic rings. The Kier molecular flexibility index (Phi) is 6.47. The van der Waals surface area contributed by atoms with E-state index >= 15 is 0 Å². The SMILES string of the molecule is CS(=O)(=O)c1cccc(C(=O)NCCOCCBr)c1. The normalized spacial score (nSPS) is 11.3. The lowest BCUT2D eigenvalue weighted by molar-refractivity contribution is 0.0924. The summed E-state index contributed by atoms with van der Waals surface area (Å²) in [5.74, 6) is -0.312. The number of rotatable bonds is 7. The molecule has 0 bridgehead atoms. The minimum absolute atomic E-state index is 0.135. The highest BCUT2D eigenvalue weighted by atomic mass is 79.9. The van der Waals surface area contributed by atoms with E-state index in [4.69, 9.17) is 4.74 Å². The molecule has 0 aromatic heterocycles. The maximum absolute atomic E-state index is 11.8. The molecule has 1 aromatic rings. The van der Waals surface area contributed by atoms with Crippen molar-refractivity contribution >= 4 is 31.7 Å². The minimum Gasteiger partial charge on any atom is -0.379 e. The first-order valence-corrected chi connectivity index (χ1v) is 8.68. The third-order valence-electron chi connectivity index (χ3n) is 2.28.